The minimum Gasteiger partial charge on any atom is -0.315 e. The van der Waals surface area contributed by atoms with Crippen molar-refractivity contribution in [3.8, 4) is 0 Å². The highest BCUT2D eigenvalue weighted by Crippen LogP contribution is 2.28. The third kappa shape index (κ3) is 4.20. The van der Waals surface area contributed by atoms with Crippen molar-refractivity contribution in [1.82, 2.24) is 0 Å². The van der Waals surface area contributed by atoms with Crippen molar-refractivity contribution in [3.05, 3.63) is 35.4 Å². The Morgan fingerprint density at radius 3 is 2.08 bits per heavy atom. The molecule has 2 heterocycles. The highest BCUT2D eigenvalue weighted by molar-refractivity contribution is 7.96. The van der Waals surface area contributed by atoms with E-state index in [1.54, 1.807) is 18.4 Å². The van der Waals surface area contributed by atoms with Gasteiger partial charge in [0.2, 0.25) is 0 Å². The fourth-order valence-corrected chi connectivity index (χ4v) is 4.49. The molecular formula is C15H18O6S3. The summed E-state index contributed by atoms with van der Waals surface area (Å²) in [5.74, 6) is -0.534. The van der Waals surface area contributed by atoms with Crippen LogP contribution in [-0.4, -0.2) is 50.0 Å². The third-order valence-electron chi connectivity index (χ3n) is 3.66. The average Bonchev–Trinajstić information content (AvgIpc) is 3.25. The van der Waals surface area contributed by atoms with Gasteiger partial charge in [-0.15, -0.1) is 0 Å². The van der Waals surface area contributed by atoms with Crippen molar-refractivity contribution in [2.24, 2.45) is 0 Å². The van der Waals surface area contributed by atoms with Gasteiger partial charge in [-0.1, -0.05) is 24.3 Å². The molecule has 2 atom stereocenters. The number of hydrogen-bond acceptors (Lipinski definition) is 8. The Labute approximate surface area is 151 Å². The van der Waals surface area contributed by atoms with E-state index in [4.69, 9.17) is 4.18 Å². The first kappa shape index (κ1) is 19.5. The molecule has 0 aliphatic carbocycles. The Bertz CT molecular complexity index is 692. The molecule has 2 saturated heterocycles. The first-order valence-corrected chi connectivity index (χ1v) is 10.5. The zero-order valence-corrected chi connectivity index (χ0v) is 15.5. The number of rotatable bonds is 4. The van der Waals surface area contributed by atoms with Crippen LogP contribution >= 0.6 is 24.7 Å². The van der Waals surface area contributed by atoms with Crippen LogP contribution in [0.1, 0.15) is 33.6 Å². The van der Waals surface area contributed by atoms with Crippen LogP contribution in [0, 0.1) is 0 Å². The quantitative estimate of drug-likeness (QED) is 0.365. The monoisotopic (exact) mass is 390 g/mol. The Hall–Kier alpha value is -0.870. The van der Waals surface area contributed by atoms with Crippen molar-refractivity contribution >= 4 is 46.4 Å². The summed E-state index contributed by atoms with van der Waals surface area (Å²) in [5.41, 5.74) is 0.760. The normalized spacial score (nSPS) is 24.9. The van der Waals surface area contributed by atoms with Crippen LogP contribution in [0.25, 0.3) is 0 Å². The van der Waals surface area contributed by atoms with Gasteiger partial charge >= 0.3 is 0 Å². The second-order valence-electron chi connectivity index (χ2n) is 5.09. The molecule has 9 heteroatoms. The molecule has 2 aliphatic rings. The zero-order chi connectivity index (χ0) is 17.7. The number of carbonyl (C=O) groups excluding carboxylic acids is 2. The molecule has 0 aromatic heterocycles. The summed E-state index contributed by atoms with van der Waals surface area (Å²) in [6.45, 7) is 0.589. The fourth-order valence-electron chi connectivity index (χ4n) is 2.44. The predicted octanol–water partition coefficient (Wildman–Crippen LogP) is 2.15. The summed E-state index contributed by atoms with van der Waals surface area (Å²) < 4.78 is 32.9. The van der Waals surface area contributed by atoms with Crippen LogP contribution in [0.5, 0.6) is 0 Å². The van der Waals surface area contributed by atoms with Crippen LogP contribution in [0.15, 0.2) is 24.3 Å². The van der Waals surface area contributed by atoms with Crippen molar-refractivity contribution in [3.63, 3.8) is 0 Å². The van der Waals surface area contributed by atoms with E-state index in [0.717, 1.165) is 12.0 Å². The highest BCUT2D eigenvalue weighted by atomic mass is 32.2. The third-order valence-corrected chi connectivity index (χ3v) is 6.29. The van der Waals surface area contributed by atoms with E-state index in [1.807, 2.05) is 0 Å². The molecule has 2 aliphatic heterocycles. The molecule has 0 radical (unpaired) electrons. The number of Topliss-reactive ketones (excluding diaryl/α,β-unsaturated/α-hetero) is 2. The number of benzene rings is 1. The standard InChI is InChI=1S/C14H14O6S2.CH4S/c15-13(11-5-7-19-21-11)9-1-3-10(4-2-9)14(16)12-6-8-20-22(12,17)18;1-2/h1-4,11-12H,5-8H2;2H,1H3. The minimum absolute atomic E-state index is 0.0359. The van der Waals surface area contributed by atoms with Crippen molar-refractivity contribution in [2.45, 2.75) is 23.3 Å². The molecule has 1 aromatic carbocycles. The lowest BCUT2D eigenvalue weighted by molar-refractivity contribution is 0.0976. The van der Waals surface area contributed by atoms with E-state index in [9.17, 15) is 18.0 Å². The average molecular weight is 391 g/mol. The summed E-state index contributed by atoms with van der Waals surface area (Å²) >= 11 is 4.69. The van der Waals surface area contributed by atoms with Gasteiger partial charge in [0, 0.05) is 23.2 Å². The lowest BCUT2D eigenvalue weighted by atomic mass is 10.0. The minimum atomic E-state index is -3.81. The van der Waals surface area contributed by atoms with E-state index in [-0.39, 0.29) is 29.6 Å². The van der Waals surface area contributed by atoms with Crippen LogP contribution in [0.4, 0.5) is 0 Å². The van der Waals surface area contributed by atoms with Gasteiger partial charge in [-0.05, 0) is 19.1 Å². The van der Waals surface area contributed by atoms with Crippen LogP contribution in [0.2, 0.25) is 0 Å². The molecule has 0 spiro atoms. The van der Waals surface area contributed by atoms with E-state index in [2.05, 4.69) is 16.8 Å². The summed E-state index contributed by atoms with van der Waals surface area (Å²) in [4.78, 5) is 24.4. The number of hydrogen-bond donors (Lipinski definition) is 1. The molecule has 0 saturated carbocycles. The predicted molar refractivity (Wildman–Crippen MR) is 95.2 cm³/mol. The SMILES string of the molecule is CS.O=C(c1ccc(C(=O)C2CCOS2(=O)=O)cc1)C1CCOS1. The first-order chi connectivity index (χ1) is 11.5. The first-order valence-electron chi connectivity index (χ1n) is 7.29. The maximum absolute atomic E-state index is 12.2. The summed E-state index contributed by atoms with van der Waals surface area (Å²) in [7, 11) is -3.81. The second-order valence-corrected chi connectivity index (χ2v) is 7.88. The smallest absolute Gasteiger partial charge is 0.277 e. The molecule has 0 N–H and O–H groups in total. The lowest BCUT2D eigenvalue weighted by Gasteiger charge is -2.08. The number of ketones is 2. The number of carbonyl (C=O) groups is 2. The molecule has 1 aromatic rings. The molecule has 132 valence electrons. The van der Waals surface area contributed by atoms with Crippen LogP contribution < -0.4 is 0 Å². The number of thiol groups is 1. The van der Waals surface area contributed by atoms with Crippen LogP contribution in [0.3, 0.4) is 0 Å². The van der Waals surface area contributed by atoms with Crippen molar-refractivity contribution in [2.75, 3.05) is 19.5 Å². The summed E-state index contributed by atoms with van der Waals surface area (Å²) in [6, 6.07) is 6.08. The van der Waals surface area contributed by atoms with Crippen molar-refractivity contribution in [1.29, 1.82) is 0 Å². The van der Waals surface area contributed by atoms with E-state index in [1.165, 1.54) is 12.1 Å². The molecule has 3 rings (SSSR count). The summed E-state index contributed by atoms with van der Waals surface area (Å²) in [6.07, 6.45) is 2.53. The molecule has 24 heavy (non-hydrogen) atoms. The fraction of sp³-hybridized carbons (Fsp3) is 0.467. The maximum Gasteiger partial charge on any atom is 0.277 e. The van der Waals surface area contributed by atoms with Gasteiger partial charge < -0.3 is 4.18 Å². The zero-order valence-electron chi connectivity index (χ0n) is 13.0. The van der Waals surface area contributed by atoms with Gasteiger partial charge in [0.1, 0.15) is 0 Å². The lowest BCUT2D eigenvalue weighted by Crippen LogP contribution is -2.25. The van der Waals surface area contributed by atoms with Gasteiger partial charge in [0.25, 0.3) is 10.1 Å². The van der Waals surface area contributed by atoms with Gasteiger partial charge in [-0.3, -0.25) is 13.8 Å². The maximum atomic E-state index is 12.2. The molecule has 0 amide bonds. The van der Waals surface area contributed by atoms with Gasteiger partial charge in [0.05, 0.1) is 18.5 Å². The van der Waals surface area contributed by atoms with E-state index in [0.29, 0.717) is 18.6 Å². The molecule has 2 unspecified atom stereocenters. The Kier molecular flexibility index (Phi) is 6.88. The largest absolute Gasteiger partial charge is 0.315 e. The Morgan fingerprint density at radius 2 is 1.62 bits per heavy atom. The molecule has 2 fully saturated rings. The Balaban J connectivity index is 0.00000100. The summed E-state index contributed by atoms with van der Waals surface area (Å²) in [5, 5.41) is -1.36. The topological polar surface area (TPSA) is 86.7 Å². The second kappa shape index (κ2) is 8.48. The van der Waals surface area contributed by atoms with Gasteiger partial charge in [-0.25, -0.2) is 0 Å². The van der Waals surface area contributed by atoms with Crippen LogP contribution in [-0.2, 0) is 18.5 Å². The van der Waals surface area contributed by atoms with Crippen molar-refractivity contribution < 1.29 is 26.4 Å². The molecular weight excluding hydrogens is 372 g/mol. The highest BCUT2D eigenvalue weighted by Gasteiger charge is 2.39. The van der Waals surface area contributed by atoms with E-state index < -0.39 is 21.2 Å². The van der Waals surface area contributed by atoms with Gasteiger partial charge in [-0.2, -0.15) is 21.0 Å². The van der Waals surface area contributed by atoms with E-state index >= 15 is 0 Å². The van der Waals surface area contributed by atoms with Gasteiger partial charge in [0.15, 0.2) is 16.8 Å². The molecule has 0 bridgehead atoms. The molecule has 6 nitrogen and oxygen atoms in total. The Morgan fingerprint density at radius 1 is 1.04 bits per heavy atom.